The molecule has 3 amide bonds. The second-order valence-corrected chi connectivity index (χ2v) is 6.09. The fourth-order valence-corrected chi connectivity index (χ4v) is 2.84. The second-order valence-electron chi connectivity index (χ2n) is 5.10. The van der Waals surface area contributed by atoms with E-state index in [2.05, 4.69) is 5.32 Å². The number of nitrogens with one attached hydrogen (secondary N) is 1. The van der Waals surface area contributed by atoms with Crippen LogP contribution in [0.2, 0.25) is 0 Å². The first-order chi connectivity index (χ1) is 11.5. The standard InChI is InChI=1S/C16H18N2O5S/c1-17-13(19)9-23-16(22)12(7-8-24-2)18-14(20)10-5-3-4-6-11(10)15(18)21/h3-6,12H,7-9H2,1-2H3,(H,17,19)/t12-/m1/s1. The van der Waals surface area contributed by atoms with E-state index in [1.54, 1.807) is 24.3 Å². The van der Waals surface area contributed by atoms with Crippen molar-refractivity contribution in [2.45, 2.75) is 12.5 Å². The number of esters is 1. The van der Waals surface area contributed by atoms with E-state index in [1.807, 2.05) is 6.26 Å². The molecule has 1 aliphatic heterocycles. The monoisotopic (exact) mass is 350 g/mol. The van der Waals surface area contributed by atoms with Gasteiger partial charge in [0.25, 0.3) is 17.7 Å². The van der Waals surface area contributed by atoms with Gasteiger partial charge in [0.1, 0.15) is 6.04 Å². The largest absolute Gasteiger partial charge is 0.454 e. The summed E-state index contributed by atoms with van der Waals surface area (Å²) in [5.74, 6) is -1.69. The molecule has 0 saturated carbocycles. The molecular formula is C16H18N2O5S. The highest BCUT2D eigenvalue weighted by molar-refractivity contribution is 7.98. The number of nitrogens with zero attached hydrogens (tertiary/aromatic N) is 1. The fraction of sp³-hybridized carbons (Fsp3) is 0.375. The van der Waals surface area contributed by atoms with Crippen molar-refractivity contribution in [2.24, 2.45) is 0 Å². The Labute approximate surface area is 143 Å². The molecule has 0 saturated heterocycles. The molecule has 1 atom stereocenters. The van der Waals surface area contributed by atoms with Crippen LogP contribution in [-0.4, -0.2) is 60.3 Å². The summed E-state index contributed by atoms with van der Waals surface area (Å²) in [6, 6.07) is 5.38. The Morgan fingerprint density at radius 2 is 1.79 bits per heavy atom. The average molecular weight is 350 g/mol. The molecule has 1 N–H and O–H groups in total. The zero-order valence-electron chi connectivity index (χ0n) is 13.4. The molecular weight excluding hydrogens is 332 g/mol. The highest BCUT2D eigenvalue weighted by Gasteiger charge is 2.43. The first-order valence-corrected chi connectivity index (χ1v) is 8.73. The van der Waals surface area contributed by atoms with Crippen molar-refractivity contribution in [3.63, 3.8) is 0 Å². The van der Waals surface area contributed by atoms with Crippen molar-refractivity contribution in [1.82, 2.24) is 10.2 Å². The van der Waals surface area contributed by atoms with Crippen LogP contribution in [0.4, 0.5) is 0 Å². The smallest absolute Gasteiger partial charge is 0.329 e. The minimum Gasteiger partial charge on any atom is -0.454 e. The summed E-state index contributed by atoms with van der Waals surface area (Å²) in [5.41, 5.74) is 0.548. The SMILES string of the molecule is CNC(=O)COC(=O)[C@@H](CCSC)N1C(=O)c2ccccc2C1=O. The van der Waals surface area contributed by atoms with E-state index < -0.39 is 36.3 Å². The number of likely N-dealkylation sites (N-methyl/N-ethyl adjacent to an activating group) is 1. The van der Waals surface area contributed by atoms with Gasteiger partial charge in [-0.1, -0.05) is 12.1 Å². The molecule has 7 nitrogen and oxygen atoms in total. The zero-order valence-corrected chi connectivity index (χ0v) is 14.2. The third-order valence-electron chi connectivity index (χ3n) is 3.63. The molecule has 0 bridgehead atoms. The highest BCUT2D eigenvalue weighted by atomic mass is 32.2. The second kappa shape index (κ2) is 7.96. The molecule has 1 aromatic rings. The van der Waals surface area contributed by atoms with Gasteiger partial charge in [-0.15, -0.1) is 0 Å². The molecule has 0 fully saturated rings. The molecule has 1 aliphatic rings. The minimum atomic E-state index is -1.05. The third-order valence-corrected chi connectivity index (χ3v) is 4.27. The van der Waals surface area contributed by atoms with Gasteiger partial charge in [-0.25, -0.2) is 4.79 Å². The minimum absolute atomic E-state index is 0.263. The Morgan fingerprint density at radius 1 is 1.21 bits per heavy atom. The number of fused-ring (bicyclic) bond motifs is 1. The molecule has 128 valence electrons. The number of carbonyl (C=O) groups is 4. The van der Waals surface area contributed by atoms with Gasteiger partial charge in [-0.2, -0.15) is 11.8 Å². The summed E-state index contributed by atoms with van der Waals surface area (Å²) in [6.07, 6.45) is 2.12. The van der Waals surface area contributed by atoms with Crippen LogP contribution in [0.1, 0.15) is 27.1 Å². The van der Waals surface area contributed by atoms with Gasteiger partial charge in [-0.05, 0) is 30.6 Å². The molecule has 8 heteroatoms. The van der Waals surface area contributed by atoms with Crippen molar-refractivity contribution in [3.05, 3.63) is 35.4 Å². The van der Waals surface area contributed by atoms with Crippen LogP contribution in [0.5, 0.6) is 0 Å². The van der Waals surface area contributed by atoms with Crippen LogP contribution in [0.15, 0.2) is 24.3 Å². The topological polar surface area (TPSA) is 92.8 Å². The number of rotatable bonds is 7. The van der Waals surface area contributed by atoms with E-state index >= 15 is 0 Å². The van der Waals surface area contributed by atoms with Crippen LogP contribution in [0, 0.1) is 0 Å². The summed E-state index contributed by atoms with van der Waals surface area (Å²) in [4.78, 5) is 49.6. The number of carbonyl (C=O) groups excluding carboxylic acids is 4. The van der Waals surface area contributed by atoms with Crippen LogP contribution in [0.3, 0.4) is 0 Å². The summed E-state index contributed by atoms with van der Waals surface area (Å²) in [6.45, 7) is -0.450. The maximum Gasteiger partial charge on any atom is 0.329 e. The Balaban J connectivity index is 2.22. The van der Waals surface area contributed by atoms with Crippen LogP contribution in [0.25, 0.3) is 0 Å². The lowest BCUT2D eigenvalue weighted by Gasteiger charge is -2.24. The Morgan fingerprint density at radius 3 is 2.29 bits per heavy atom. The molecule has 0 aliphatic carbocycles. The quantitative estimate of drug-likeness (QED) is 0.575. The molecule has 1 heterocycles. The van der Waals surface area contributed by atoms with Gasteiger partial charge < -0.3 is 10.1 Å². The van der Waals surface area contributed by atoms with E-state index in [1.165, 1.54) is 18.8 Å². The zero-order chi connectivity index (χ0) is 17.7. The first-order valence-electron chi connectivity index (χ1n) is 7.34. The van der Waals surface area contributed by atoms with Gasteiger partial charge in [0.2, 0.25) is 0 Å². The summed E-state index contributed by atoms with van der Waals surface area (Å²) in [7, 11) is 1.42. The Kier molecular flexibility index (Phi) is 5.97. The fourth-order valence-electron chi connectivity index (χ4n) is 2.38. The normalized spacial score (nSPS) is 14.3. The number of imide groups is 1. The predicted octanol–water partition coefficient (Wildman–Crippen LogP) is 0.694. The molecule has 0 aromatic heterocycles. The Hall–Kier alpha value is -2.35. The van der Waals surface area contributed by atoms with Crippen LogP contribution < -0.4 is 5.32 Å². The number of hydrogen-bond donors (Lipinski definition) is 1. The lowest BCUT2D eigenvalue weighted by atomic mass is 10.1. The maximum absolute atomic E-state index is 12.5. The van der Waals surface area contributed by atoms with Crippen LogP contribution in [-0.2, 0) is 14.3 Å². The van der Waals surface area contributed by atoms with Crippen LogP contribution >= 0.6 is 11.8 Å². The lowest BCUT2D eigenvalue weighted by molar-refractivity contribution is -0.152. The third kappa shape index (κ3) is 3.59. The molecule has 0 spiro atoms. The summed E-state index contributed by atoms with van der Waals surface area (Å²) >= 11 is 1.49. The van der Waals surface area contributed by atoms with Gasteiger partial charge in [-0.3, -0.25) is 19.3 Å². The molecule has 24 heavy (non-hydrogen) atoms. The summed E-state index contributed by atoms with van der Waals surface area (Å²) < 4.78 is 4.96. The van der Waals surface area contributed by atoms with Crippen molar-refractivity contribution in [1.29, 1.82) is 0 Å². The van der Waals surface area contributed by atoms with Crippen molar-refractivity contribution < 1.29 is 23.9 Å². The Bertz CT molecular complexity index is 641. The average Bonchev–Trinajstić information content (AvgIpc) is 2.85. The number of thioether (sulfide) groups is 1. The molecule has 0 radical (unpaired) electrons. The van der Waals surface area contributed by atoms with E-state index in [0.717, 1.165) is 4.90 Å². The van der Waals surface area contributed by atoms with E-state index in [0.29, 0.717) is 5.75 Å². The van der Waals surface area contributed by atoms with Gasteiger partial charge in [0.15, 0.2) is 6.61 Å². The first kappa shape index (κ1) is 18.0. The summed E-state index contributed by atoms with van der Waals surface area (Å²) in [5, 5.41) is 2.34. The highest BCUT2D eigenvalue weighted by Crippen LogP contribution is 2.26. The number of ether oxygens (including phenoxy) is 1. The number of benzene rings is 1. The van der Waals surface area contributed by atoms with Gasteiger partial charge in [0, 0.05) is 7.05 Å². The van der Waals surface area contributed by atoms with Gasteiger partial charge in [0.05, 0.1) is 11.1 Å². The van der Waals surface area contributed by atoms with Gasteiger partial charge >= 0.3 is 5.97 Å². The maximum atomic E-state index is 12.5. The number of amides is 3. The van der Waals surface area contributed by atoms with Crippen molar-refractivity contribution in [2.75, 3.05) is 25.7 Å². The molecule has 2 rings (SSSR count). The van der Waals surface area contributed by atoms with Crippen molar-refractivity contribution >= 4 is 35.5 Å². The molecule has 0 unspecified atom stereocenters. The lowest BCUT2D eigenvalue weighted by Crippen LogP contribution is -2.46. The van der Waals surface area contributed by atoms with E-state index in [9.17, 15) is 19.2 Å². The van der Waals surface area contributed by atoms with E-state index in [-0.39, 0.29) is 17.5 Å². The molecule has 1 aromatic carbocycles. The van der Waals surface area contributed by atoms with E-state index in [4.69, 9.17) is 4.74 Å². The number of hydrogen-bond acceptors (Lipinski definition) is 6. The van der Waals surface area contributed by atoms with Crippen molar-refractivity contribution in [3.8, 4) is 0 Å². The predicted molar refractivity (Wildman–Crippen MR) is 88.8 cm³/mol.